The molecule has 3 rings (SSSR count). The molecule has 0 amide bonds. The van der Waals surface area contributed by atoms with Crippen molar-refractivity contribution < 1.29 is 4.52 Å². The van der Waals surface area contributed by atoms with Gasteiger partial charge in [0.15, 0.2) is 0 Å². The van der Waals surface area contributed by atoms with Crippen molar-refractivity contribution in [2.45, 2.75) is 57.4 Å². The zero-order valence-corrected chi connectivity index (χ0v) is 12.7. The third kappa shape index (κ3) is 3.16. The molecule has 2 atom stereocenters. The molecule has 1 aliphatic rings. The number of nitrogens with two attached hydrogens (primary N) is 1. The number of hydrogen-bond acceptors (Lipinski definition) is 4. The highest BCUT2D eigenvalue weighted by molar-refractivity contribution is 5.54. The summed E-state index contributed by atoms with van der Waals surface area (Å²) in [6.07, 6.45) is 4.30. The van der Waals surface area contributed by atoms with E-state index in [1.54, 1.807) is 0 Å². The van der Waals surface area contributed by atoms with E-state index in [9.17, 15) is 0 Å². The third-order valence-corrected chi connectivity index (χ3v) is 4.34. The van der Waals surface area contributed by atoms with Crippen LogP contribution in [0.1, 0.15) is 62.8 Å². The second kappa shape index (κ2) is 5.98. The summed E-state index contributed by atoms with van der Waals surface area (Å²) in [6.45, 7) is 4.38. The molecular formula is C17H23N3O. The van der Waals surface area contributed by atoms with E-state index in [1.807, 2.05) is 0 Å². The first kappa shape index (κ1) is 14.3. The molecule has 0 spiro atoms. The lowest BCUT2D eigenvalue weighted by Crippen LogP contribution is -2.26. The summed E-state index contributed by atoms with van der Waals surface area (Å²) in [5.74, 6) is 2.28. The van der Waals surface area contributed by atoms with Gasteiger partial charge in [0, 0.05) is 17.5 Å². The quantitative estimate of drug-likeness (QED) is 0.930. The van der Waals surface area contributed by atoms with Crippen LogP contribution >= 0.6 is 0 Å². The van der Waals surface area contributed by atoms with Crippen molar-refractivity contribution >= 4 is 0 Å². The van der Waals surface area contributed by atoms with Gasteiger partial charge in [-0.05, 0) is 30.7 Å². The fourth-order valence-electron chi connectivity index (χ4n) is 2.99. The molecule has 1 aromatic carbocycles. The van der Waals surface area contributed by atoms with Crippen molar-refractivity contribution in [3.63, 3.8) is 0 Å². The second-order valence-corrected chi connectivity index (χ2v) is 6.36. The summed E-state index contributed by atoms with van der Waals surface area (Å²) in [7, 11) is 0. The second-order valence-electron chi connectivity index (χ2n) is 6.36. The topological polar surface area (TPSA) is 64.9 Å². The van der Waals surface area contributed by atoms with E-state index in [4.69, 9.17) is 10.3 Å². The van der Waals surface area contributed by atoms with Gasteiger partial charge >= 0.3 is 0 Å². The maximum Gasteiger partial charge on any atom is 0.230 e. The van der Waals surface area contributed by atoms with Crippen LogP contribution in [0.2, 0.25) is 0 Å². The number of hydrogen-bond donors (Lipinski definition) is 1. The van der Waals surface area contributed by atoms with Crippen molar-refractivity contribution in [1.82, 2.24) is 10.1 Å². The van der Waals surface area contributed by atoms with Gasteiger partial charge in [-0.15, -0.1) is 0 Å². The molecule has 112 valence electrons. The van der Waals surface area contributed by atoms with Crippen LogP contribution in [0.4, 0.5) is 0 Å². The van der Waals surface area contributed by atoms with Gasteiger partial charge in [-0.2, -0.15) is 4.98 Å². The molecule has 1 heterocycles. The molecule has 4 heteroatoms. The monoisotopic (exact) mass is 285 g/mol. The Kier molecular flexibility index (Phi) is 4.06. The van der Waals surface area contributed by atoms with Crippen molar-refractivity contribution in [2.75, 3.05) is 0 Å². The first-order chi connectivity index (χ1) is 10.1. The van der Waals surface area contributed by atoms with Gasteiger partial charge in [-0.25, -0.2) is 0 Å². The lowest BCUT2D eigenvalue weighted by molar-refractivity contribution is 0.299. The normalized spacial score (nSPS) is 22.7. The lowest BCUT2D eigenvalue weighted by Gasteiger charge is -2.23. The van der Waals surface area contributed by atoms with Crippen LogP contribution in [-0.4, -0.2) is 16.2 Å². The number of rotatable bonds is 3. The van der Waals surface area contributed by atoms with Gasteiger partial charge in [0.25, 0.3) is 0 Å². The van der Waals surface area contributed by atoms with E-state index in [1.165, 1.54) is 5.56 Å². The Labute approximate surface area is 125 Å². The summed E-state index contributed by atoms with van der Waals surface area (Å²) in [5, 5.41) is 4.13. The minimum Gasteiger partial charge on any atom is -0.339 e. The standard InChI is InChI=1S/C17H23N3O/c1-11(2)12-6-8-13(9-7-12)16-19-17(21-20-16)14-4-3-5-15(18)10-14/h6-9,11,14-15H,3-5,10,18H2,1-2H3. The summed E-state index contributed by atoms with van der Waals surface area (Å²) in [5.41, 5.74) is 8.36. The van der Waals surface area contributed by atoms with E-state index in [-0.39, 0.29) is 6.04 Å². The molecule has 2 aromatic rings. The number of aromatic nitrogens is 2. The number of nitrogens with zero attached hydrogens (tertiary/aromatic N) is 2. The summed E-state index contributed by atoms with van der Waals surface area (Å²) in [4.78, 5) is 4.58. The predicted octanol–water partition coefficient (Wildman–Crippen LogP) is 3.84. The minimum absolute atomic E-state index is 0.268. The Morgan fingerprint density at radius 2 is 1.95 bits per heavy atom. The van der Waals surface area contributed by atoms with E-state index in [0.29, 0.717) is 17.7 Å². The fourth-order valence-corrected chi connectivity index (χ4v) is 2.99. The van der Waals surface area contributed by atoms with Crippen LogP contribution in [0, 0.1) is 0 Å². The van der Waals surface area contributed by atoms with Crippen LogP contribution in [0.15, 0.2) is 28.8 Å². The van der Waals surface area contributed by atoms with Crippen LogP contribution in [0.3, 0.4) is 0 Å². The molecule has 1 aromatic heterocycles. The molecule has 4 nitrogen and oxygen atoms in total. The minimum atomic E-state index is 0.268. The smallest absolute Gasteiger partial charge is 0.230 e. The maximum absolute atomic E-state index is 6.04. The molecule has 0 saturated heterocycles. The molecule has 1 saturated carbocycles. The Hall–Kier alpha value is -1.68. The Morgan fingerprint density at radius 1 is 1.19 bits per heavy atom. The van der Waals surface area contributed by atoms with Crippen LogP contribution in [0.5, 0.6) is 0 Å². The molecule has 1 fully saturated rings. The highest BCUT2D eigenvalue weighted by Crippen LogP contribution is 2.32. The van der Waals surface area contributed by atoms with Crippen LogP contribution in [-0.2, 0) is 0 Å². The average molecular weight is 285 g/mol. The highest BCUT2D eigenvalue weighted by Gasteiger charge is 2.25. The Morgan fingerprint density at radius 3 is 2.62 bits per heavy atom. The molecule has 2 N–H and O–H groups in total. The zero-order chi connectivity index (χ0) is 14.8. The highest BCUT2D eigenvalue weighted by atomic mass is 16.5. The first-order valence-corrected chi connectivity index (χ1v) is 7.83. The van der Waals surface area contributed by atoms with Gasteiger partial charge in [0.05, 0.1) is 0 Å². The Balaban J connectivity index is 1.78. The van der Waals surface area contributed by atoms with E-state index < -0.39 is 0 Å². The SMILES string of the molecule is CC(C)c1ccc(-c2noc(C3CCCC(N)C3)n2)cc1. The third-order valence-electron chi connectivity index (χ3n) is 4.34. The van der Waals surface area contributed by atoms with Gasteiger partial charge in [0.1, 0.15) is 0 Å². The van der Waals surface area contributed by atoms with Gasteiger partial charge in [0.2, 0.25) is 11.7 Å². The Bertz CT molecular complexity index is 588. The maximum atomic E-state index is 6.04. The average Bonchev–Trinajstić information content (AvgIpc) is 2.97. The zero-order valence-electron chi connectivity index (χ0n) is 12.7. The van der Waals surface area contributed by atoms with Crippen LogP contribution in [0.25, 0.3) is 11.4 Å². The summed E-state index contributed by atoms with van der Waals surface area (Å²) < 4.78 is 5.47. The largest absolute Gasteiger partial charge is 0.339 e. The molecule has 0 radical (unpaired) electrons. The fraction of sp³-hybridized carbons (Fsp3) is 0.529. The summed E-state index contributed by atoms with van der Waals surface area (Å²) in [6, 6.07) is 8.66. The van der Waals surface area contributed by atoms with Crippen molar-refractivity contribution in [3.05, 3.63) is 35.7 Å². The molecule has 2 unspecified atom stereocenters. The van der Waals surface area contributed by atoms with Crippen molar-refractivity contribution in [2.24, 2.45) is 5.73 Å². The van der Waals surface area contributed by atoms with Crippen molar-refractivity contribution in [1.29, 1.82) is 0 Å². The van der Waals surface area contributed by atoms with Gasteiger partial charge in [-0.3, -0.25) is 0 Å². The van der Waals surface area contributed by atoms with Crippen LogP contribution < -0.4 is 5.73 Å². The lowest BCUT2D eigenvalue weighted by atomic mass is 9.86. The number of benzene rings is 1. The van der Waals surface area contributed by atoms with Gasteiger partial charge < -0.3 is 10.3 Å². The van der Waals surface area contributed by atoms with E-state index >= 15 is 0 Å². The molecule has 0 bridgehead atoms. The predicted molar refractivity (Wildman–Crippen MR) is 83.0 cm³/mol. The van der Waals surface area contributed by atoms with E-state index in [2.05, 4.69) is 48.3 Å². The molecular weight excluding hydrogens is 262 g/mol. The van der Waals surface area contributed by atoms with E-state index in [0.717, 1.165) is 37.1 Å². The molecule has 21 heavy (non-hydrogen) atoms. The molecule has 1 aliphatic carbocycles. The first-order valence-electron chi connectivity index (χ1n) is 7.83. The molecule has 0 aliphatic heterocycles. The van der Waals surface area contributed by atoms with Crippen molar-refractivity contribution in [3.8, 4) is 11.4 Å². The summed E-state index contributed by atoms with van der Waals surface area (Å²) >= 11 is 0. The van der Waals surface area contributed by atoms with Gasteiger partial charge in [-0.1, -0.05) is 49.7 Å².